The van der Waals surface area contributed by atoms with E-state index >= 15 is 0 Å². The van der Waals surface area contributed by atoms with Crippen LogP contribution in [0, 0.1) is 0 Å². The van der Waals surface area contributed by atoms with E-state index in [9.17, 15) is 9.59 Å². The predicted octanol–water partition coefficient (Wildman–Crippen LogP) is 3.92. The van der Waals surface area contributed by atoms with Crippen molar-refractivity contribution in [2.45, 2.75) is 12.5 Å². The van der Waals surface area contributed by atoms with Crippen molar-refractivity contribution in [1.29, 1.82) is 0 Å². The number of hydrogen-bond acceptors (Lipinski definition) is 5. The van der Waals surface area contributed by atoms with Gasteiger partial charge >= 0.3 is 5.97 Å². The molecule has 0 spiro atoms. The minimum Gasteiger partial charge on any atom is -0.497 e. The third kappa shape index (κ3) is 5.36. The van der Waals surface area contributed by atoms with Crippen LogP contribution < -0.4 is 10.1 Å². The number of hydrogen-bond donors (Lipinski definition) is 1. The van der Waals surface area contributed by atoms with E-state index in [4.69, 9.17) is 21.1 Å². The molecule has 0 saturated heterocycles. The molecule has 7 heteroatoms. The van der Waals surface area contributed by atoms with E-state index in [0.29, 0.717) is 16.3 Å². The minimum absolute atomic E-state index is 0.283. The summed E-state index contributed by atoms with van der Waals surface area (Å²) in [5.41, 5.74) is 2.76. The Bertz CT molecular complexity index is 1020. The predicted molar refractivity (Wildman–Crippen MR) is 115 cm³/mol. The van der Waals surface area contributed by atoms with Crippen LogP contribution in [-0.2, 0) is 16.0 Å². The van der Waals surface area contributed by atoms with Gasteiger partial charge in [-0.25, -0.2) is 4.79 Å². The molecule has 0 saturated carbocycles. The Balaban J connectivity index is 1.73. The highest BCUT2D eigenvalue weighted by Crippen LogP contribution is 2.22. The fraction of sp³-hybridized carbons (Fsp3) is 0.174. The monoisotopic (exact) mass is 424 g/mol. The van der Waals surface area contributed by atoms with Gasteiger partial charge in [0.15, 0.2) is 0 Å². The molecule has 1 heterocycles. The maximum atomic E-state index is 12.7. The SMILES string of the molecule is COC(=O)[C@H](Cc1ccc(Cl)cc1)NC(=O)c1ccc(-c2cccc(OC)c2)nc1. The van der Waals surface area contributed by atoms with Crippen molar-refractivity contribution in [2.24, 2.45) is 0 Å². The van der Waals surface area contributed by atoms with Crippen LogP contribution in [0.3, 0.4) is 0 Å². The summed E-state index contributed by atoms with van der Waals surface area (Å²) < 4.78 is 10.1. The topological polar surface area (TPSA) is 77.5 Å². The molecule has 0 aliphatic rings. The third-order valence-corrected chi connectivity index (χ3v) is 4.79. The highest BCUT2D eigenvalue weighted by Gasteiger charge is 2.23. The van der Waals surface area contributed by atoms with Gasteiger partial charge in [0.1, 0.15) is 11.8 Å². The van der Waals surface area contributed by atoms with Gasteiger partial charge in [-0.15, -0.1) is 0 Å². The molecule has 0 bridgehead atoms. The van der Waals surface area contributed by atoms with Crippen LogP contribution in [0.15, 0.2) is 66.9 Å². The maximum Gasteiger partial charge on any atom is 0.328 e. The van der Waals surface area contributed by atoms with Crippen LogP contribution in [0.5, 0.6) is 5.75 Å². The van der Waals surface area contributed by atoms with Crippen LogP contribution in [0.4, 0.5) is 0 Å². The summed E-state index contributed by atoms with van der Waals surface area (Å²) in [6.07, 6.45) is 1.76. The first-order valence-corrected chi connectivity index (χ1v) is 9.61. The molecule has 1 aromatic heterocycles. The molecule has 154 valence electrons. The van der Waals surface area contributed by atoms with E-state index in [0.717, 1.165) is 16.9 Å². The van der Waals surface area contributed by atoms with E-state index in [-0.39, 0.29) is 6.42 Å². The van der Waals surface area contributed by atoms with Gasteiger partial charge < -0.3 is 14.8 Å². The minimum atomic E-state index is -0.832. The Morgan fingerprint density at radius 3 is 2.47 bits per heavy atom. The molecule has 0 aliphatic heterocycles. The fourth-order valence-corrected chi connectivity index (χ4v) is 3.04. The van der Waals surface area contributed by atoms with Crippen molar-refractivity contribution in [2.75, 3.05) is 14.2 Å². The summed E-state index contributed by atoms with van der Waals surface area (Å²) in [6.45, 7) is 0. The lowest BCUT2D eigenvalue weighted by molar-refractivity contribution is -0.142. The smallest absolute Gasteiger partial charge is 0.328 e. The molecule has 3 aromatic rings. The lowest BCUT2D eigenvalue weighted by Gasteiger charge is -2.17. The average Bonchev–Trinajstić information content (AvgIpc) is 2.79. The summed E-state index contributed by atoms with van der Waals surface area (Å²) in [5.74, 6) is -0.220. The first-order chi connectivity index (χ1) is 14.5. The number of carbonyl (C=O) groups excluding carboxylic acids is 2. The van der Waals surface area contributed by atoms with Crippen LogP contribution in [0.1, 0.15) is 15.9 Å². The van der Waals surface area contributed by atoms with Gasteiger partial charge in [0.05, 0.1) is 25.5 Å². The highest BCUT2D eigenvalue weighted by molar-refractivity contribution is 6.30. The first-order valence-electron chi connectivity index (χ1n) is 9.24. The van der Waals surface area contributed by atoms with Crippen LogP contribution >= 0.6 is 11.6 Å². The van der Waals surface area contributed by atoms with Crippen molar-refractivity contribution < 1.29 is 19.1 Å². The molecule has 0 unspecified atom stereocenters. The van der Waals surface area contributed by atoms with Gasteiger partial charge in [0.25, 0.3) is 5.91 Å². The second-order valence-electron chi connectivity index (χ2n) is 6.54. The Morgan fingerprint density at radius 2 is 1.83 bits per heavy atom. The number of esters is 1. The second kappa shape index (κ2) is 9.89. The van der Waals surface area contributed by atoms with Crippen LogP contribution in [0.25, 0.3) is 11.3 Å². The fourth-order valence-electron chi connectivity index (χ4n) is 2.91. The summed E-state index contributed by atoms with van der Waals surface area (Å²) >= 11 is 5.90. The molecule has 1 N–H and O–H groups in total. The van der Waals surface area contributed by atoms with Crippen molar-refractivity contribution in [3.8, 4) is 17.0 Å². The molecule has 1 amide bonds. The van der Waals surface area contributed by atoms with Crippen molar-refractivity contribution >= 4 is 23.5 Å². The molecule has 1 atom stereocenters. The zero-order valence-electron chi connectivity index (χ0n) is 16.6. The first kappa shape index (κ1) is 21.3. The van der Waals surface area contributed by atoms with E-state index in [1.165, 1.54) is 13.3 Å². The highest BCUT2D eigenvalue weighted by atomic mass is 35.5. The molecular weight excluding hydrogens is 404 g/mol. The van der Waals surface area contributed by atoms with E-state index in [1.54, 1.807) is 43.5 Å². The Morgan fingerprint density at radius 1 is 1.07 bits per heavy atom. The molecule has 2 aromatic carbocycles. The van der Waals surface area contributed by atoms with Crippen LogP contribution in [0.2, 0.25) is 5.02 Å². The largest absolute Gasteiger partial charge is 0.497 e. The van der Waals surface area contributed by atoms with Gasteiger partial charge in [0.2, 0.25) is 0 Å². The van der Waals surface area contributed by atoms with Crippen LogP contribution in [-0.4, -0.2) is 37.1 Å². The number of carbonyl (C=O) groups is 2. The number of pyridine rings is 1. The maximum absolute atomic E-state index is 12.7. The van der Waals surface area contributed by atoms with Gasteiger partial charge in [-0.3, -0.25) is 9.78 Å². The molecule has 0 fully saturated rings. The molecular formula is C23H21ClN2O4. The summed E-state index contributed by atoms with van der Waals surface area (Å²) in [4.78, 5) is 29.2. The number of rotatable bonds is 7. The standard InChI is InChI=1S/C23H21ClN2O4/c1-29-19-5-3-4-16(13-19)20-11-8-17(14-25-20)22(27)26-21(23(28)30-2)12-15-6-9-18(24)10-7-15/h3-11,13-14,21H,12H2,1-2H3,(H,26,27)/t21-/m0/s1. The number of aromatic nitrogens is 1. The number of halogens is 1. The van der Waals surface area contributed by atoms with E-state index < -0.39 is 17.9 Å². The average molecular weight is 425 g/mol. The van der Waals surface area contributed by atoms with E-state index in [2.05, 4.69) is 10.3 Å². The lowest BCUT2D eigenvalue weighted by atomic mass is 10.1. The Kier molecular flexibility index (Phi) is 7.03. The normalized spacial score (nSPS) is 11.4. The van der Waals surface area contributed by atoms with Crippen molar-refractivity contribution in [3.05, 3.63) is 83.0 Å². The van der Waals surface area contributed by atoms with Crippen molar-refractivity contribution in [1.82, 2.24) is 10.3 Å². The summed E-state index contributed by atoms with van der Waals surface area (Å²) in [5, 5.41) is 3.31. The van der Waals surface area contributed by atoms with E-state index in [1.807, 2.05) is 24.3 Å². The summed E-state index contributed by atoms with van der Waals surface area (Å²) in [6, 6.07) is 17.1. The zero-order chi connectivity index (χ0) is 21.5. The Labute approximate surface area is 179 Å². The molecule has 30 heavy (non-hydrogen) atoms. The molecule has 0 aliphatic carbocycles. The summed E-state index contributed by atoms with van der Waals surface area (Å²) in [7, 11) is 2.88. The van der Waals surface area contributed by atoms with Gasteiger partial charge in [-0.05, 0) is 42.0 Å². The molecule has 0 radical (unpaired) electrons. The van der Waals surface area contributed by atoms with Crippen molar-refractivity contribution in [3.63, 3.8) is 0 Å². The second-order valence-corrected chi connectivity index (χ2v) is 6.98. The number of nitrogens with one attached hydrogen (secondary N) is 1. The van der Waals surface area contributed by atoms with Gasteiger partial charge in [-0.1, -0.05) is 35.9 Å². The number of ether oxygens (including phenoxy) is 2. The van der Waals surface area contributed by atoms with Gasteiger partial charge in [0, 0.05) is 23.2 Å². The molecule has 6 nitrogen and oxygen atoms in total. The number of methoxy groups -OCH3 is 2. The third-order valence-electron chi connectivity index (χ3n) is 4.54. The number of amides is 1. The Hall–Kier alpha value is -3.38. The lowest BCUT2D eigenvalue weighted by Crippen LogP contribution is -2.43. The van der Waals surface area contributed by atoms with Gasteiger partial charge in [-0.2, -0.15) is 0 Å². The zero-order valence-corrected chi connectivity index (χ0v) is 17.3. The number of nitrogens with zero attached hydrogens (tertiary/aromatic N) is 1. The quantitative estimate of drug-likeness (QED) is 0.581. The molecule has 3 rings (SSSR count). The number of benzene rings is 2.